The standard InChI is InChI=1S/C17H25FN2O/c1-3-19-16-14(5-4-6-15(16)18)17(21)20-11-13-9-7-12(2)8-10-13/h4-6,12-13,19H,3,7-11H2,1-2H3,(H,20,21). The average molecular weight is 292 g/mol. The highest BCUT2D eigenvalue weighted by Crippen LogP contribution is 2.28. The van der Waals surface area contributed by atoms with E-state index in [1.165, 1.54) is 31.7 Å². The smallest absolute Gasteiger partial charge is 0.253 e. The fraction of sp³-hybridized carbons (Fsp3) is 0.588. The molecule has 0 saturated heterocycles. The van der Waals surface area contributed by atoms with Crippen molar-refractivity contribution in [3.8, 4) is 0 Å². The lowest BCUT2D eigenvalue weighted by Crippen LogP contribution is -2.31. The maximum atomic E-state index is 13.8. The number of hydrogen-bond donors (Lipinski definition) is 2. The minimum Gasteiger partial charge on any atom is -0.382 e. The number of anilines is 1. The van der Waals surface area contributed by atoms with Gasteiger partial charge in [0.2, 0.25) is 0 Å². The Bertz CT molecular complexity index is 482. The topological polar surface area (TPSA) is 41.1 Å². The molecule has 0 aromatic heterocycles. The third-order valence-corrected chi connectivity index (χ3v) is 4.30. The van der Waals surface area contributed by atoms with E-state index >= 15 is 0 Å². The van der Waals surface area contributed by atoms with Crippen molar-refractivity contribution in [3.63, 3.8) is 0 Å². The highest BCUT2D eigenvalue weighted by Gasteiger charge is 2.20. The Balaban J connectivity index is 1.95. The Morgan fingerprint density at radius 2 is 2.00 bits per heavy atom. The number of carbonyl (C=O) groups excluding carboxylic acids is 1. The number of para-hydroxylation sites is 1. The first kappa shape index (κ1) is 15.8. The summed E-state index contributed by atoms with van der Waals surface area (Å²) in [7, 11) is 0. The molecule has 0 unspecified atom stereocenters. The SMILES string of the molecule is CCNc1c(F)cccc1C(=O)NCC1CCC(C)CC1. The number of nitrogens with one attached hydrogen (secondary N) is 2. The summed E-state index contributed by atoms with van der Waals surface area (Å²) in [5.74, 6) is 0.793. The Hall–Kier alpha value is -1.58. The third kappa shape index (κ3) is 4.19. The number of amides is 1. The van der Waals surface area contributed by atoms with Gasteiger partial charge in [-0.05, 0) is 43.7 Å². The van der Waals surface area contributed by atoms with Crippen LogP contribution < -0.4 is 10.6 Å². The van der Waals surface area contributed by atoms with Crippen LogP contribution in [0.1, 0.15) is 49.9 Å². The second-order valence-electron chi connectivity index (χ2n) is 6.03. The molecular formula is C17H25FN2O. The number of rotatable bonds is 5. The zero-order valence-corrected chi connectivity index (χ0v) is 12.9. The van der Waals surface area contributed by atoms with Crippen molar-refractivity contribution in [1.82, 2.24) is 5.32 Å². The molecule has 2 N–H and O–H groups in total. The van der Waals surface area contributed by atoms with Crippen LogP contribution in [0.15, 0.2) is 18.2 Å². The van der Waals surface area contributed by atoms with Gasteiger partial charge in [0, 0.05) is 13.1 Å². The summed E-state index contributed by atoms with van der Waals surface area (Å²) in [6.07, 6.45) is 4.82. The number of benzene rings is 1. The van der Waals surface area contributed by atoms with E-state index in [1.807, 2.05) is 6.92 Å². The lowest BCUT2D eigenvalue weighted by atomic mass is 9.83. The quantitative estimate of drug-likeness (QED) is 0.866. The van der Waals surface area contributed by atoms with Crippen molar-refractivity contribution in [1.29, 1.82) is 0 Å². The van der Waals surface area contributed by atoms with Crippen molar-refractivity contribution in [2.45, 2.75) is 39.5 Å². The normalized spacial score (nSPS) is 21.9. The summed E-state index contributed by atoms with van der Waals surface area (Å²) < 4.78 is 13.8. The molecule has 1 aliphatic rings. The average Bonchev–Trinajstić information content (AvgIpc) is 2.48. The maximum Gasteiger partial charge on any atom is 0.253 e. The molecule has 0 bridgehead atoms. The monoisotopic (exact) mass is 292 g/mol. The molecule has 0 heterocycles. The molecule has 0 spiro atoms. The van der Waals surface area contributed by atoms with E-state index in [0.717, 1.165) is 5.92 Å². The first-order valence-electron chi connectivity index (χ1n) is 7.92. The van der Waals surface area contributed by atoms with Crippen LogP contribution in [0.3, 0.4) is 0 Å². The van der Waals surface area contributed by atoms with Gasteiger partial charge >= 0.3 is 0 Å². The first-order valence-corrected chi connectivity index (χ1v) is 7.92. The van der Waals surface area contributed by atoms with Gasteiger partial charge < -0.3 is 10.6 Å². The van der Waals surface area contributed by atoms with Gasteiger partial charge in [-0.25, -0.2) is 4.39 Å². The van der Waals surface area contributed by atoms with Crippen LogP contribution >= 0.6 is 0 Å². The van der Waals surface area contributed by atoms with Gasteiger partial charge in [-0.3, -0.25) is 4.79 Å². The molecule has 0 atom stereocenters. The minimum atomic E-state index is -0.379. The van der Waals surface area contributed by atoms with Crippen molar-refractivity contribution in [2.24, 2.45) is 11.8 Å². The molecule has 1 saturated carbocycles. The highest BCUT2D eigenvalue weighted by molar-refractivity contribution is 5.99. The zero-order valence-electron chi connectivity index (χ0n) is 12.9. The van der Waals surface area contributed by atoms with E-state index in [-0.39, 0.29) is 11.7 Å². The summed E-state index contributed by atoms with van der Waals surface area (Å²) in [6.45, 7) is 5.44. The van der Waals surface area contributed by atoms with Gasteiger partial charge in [-0.15, -0.1) is 0 Å². The summed E-state index contributed by atoms with van der Waals surface area (Å²) in [6, 6.07) is 4.62. The van der Waals surface area contributed by atoms with Gasteiger partial charge in [0.25, 0.3) is 5.91 Å². The van der Waals surface area contributed by atoms with E-state index in [0.29, 0.717) is 30.3 Å². The van der Waals surface area contributed by atoms with Crippen LogP contribution in [0.25, 0.3) is 0 Å². The second-order valence-corrected chi connectivity index (χ2v) is 6.03. The lowest BCUT2D eigenvalue weighted by molar-refractivity contribution is 0.0942. The van der Waals surface area contributed by atoms with Crippen molar-refractivity contribution < 1.29 is 9.18 Å². The van der Waals surface area contributed by atoms with Crippen LogP contribution in [-0.4, -0.2) is 19.0 Å². The Morgan fingerprint density at radius 1 is 1.29 bits per heavy atom. The van der Waals surface area contributed by atoms with Gasteiger partial charge in [0.1, 0.15) is 5.82 Å². The van der Waals surface area contributed by atoms with Crippen LogP contribution in [0, 0.1) is 17.7 Å². The molecule has 2 rings (SSSR count). The van der Waals surface area contributed by atoms with E-state index < -0.39 is 0 Å². The Labute approximate surface area is 126 Å². The largest absolute Gasteiger partial charge is 0.382 e. The van der Waals surface area contributed by atoms with Crippen LogP contribution in [-0.2, 0) is 0 Å². The Kier molecular flexibility index (Phi) is 5.59. The lowest BCUT2D eigenvalue weighted by Gasteiger charge is -2.26. The predicted octanol–water partition coefficient (Wildman–Crippen LogP) is 3.81. The fourth-order valence-corrected chi connectivity index (χ4v) is 2.94. The summed E-state index contributed by atoms with van der Waals surface area (Å²) in [5, 5.41) is 5.90. The van der Waals surface area contributed by atoms with E-state index in [4.69, 9.17) is 0 Å². The predicted molar refractivity (Wildman–Crippen MR) is 84.0 cm³/mol. The third-order valence-electron chi connectivity index (χ3n) is 4.30. The highest BCUT2D eigenvalue weighted by atomic mass is 19.1. The molecule has 1 aromatic carbocycles. The van der Waals surface area contributed by atoms with Crippen molar-refractivity contribution in [3.05, 3.63) is 29.6 Å². The number of halogens is 1. The van der Waals surface area contributed by atoms with Crippen molar-refractivity contribution in [2.75, 3.05) is 18.4 Å². The number of carbonyl (C=O) groups is 1. The molecule has 116 valence electrons. The summed E-state index contributed by atoms with van der Waals surface area (Å²) in [5.41, 5.74) is 0.691. The first-order chi connectivity index (χ1) is 10.1. The van der Waals surface area contributed by atoms with E-state index in [1.54, 1.807) is 12.1 Å². The molecule has 1 amide bonds. The van der Waals surface area contributed by atoms with Gasteiger partial charge in [-0.1, -0.05) is 25.8 Å². The van der Waals surface area contributed by atoms with Gasteiger partial charge in [-0.2, -0.15) is 0 Å². The van der Waals surface area contributed by atoms with E-state index in [9.17, 15) is 9.18 Å². The zero-order chi connectivity index (χ0) is 15.2. The molecule has 1 fully saturated rings. The molecule has 0 radical (unpaired) electrons. The van der Waals surface area contributed by atoms with Crippen LogP contribution in [0.2, 0.25) is 0 Å². The molecule has 1 aliphatic carbocycles. The molecule has 0 aliphatic heterocycles. The molecular weight excluding hydrogens is 267 g/mol. The summed E-state index contributed by atoms with van der Waals surface area (Å²) >= 11 is 0. The van der Waals surface area contributed by atoms with Crippen LogP contribution in [0.5, 0.6) is 0 Å². The minimum absolute atomic E-state index is 0.191. The van der Waals surface area contributed by atoms with Gasteiger partial charge in [0.15, 0.2) is 0 Å². The fourth-order valence-electron chi connectivity index (χ4n) is 2.94. The van der Waals surface area contributed by atoms with Gasteiger partial charge in [0.05, 0.1) is 11.3 Å². The van der Waals surface area contributed by atoms with Crippen molar-refractivity contribution >= 4 is 11.6 Å². The molecule has 3 nitrogen and oxygen atoms in total. The van der Waals surface area contributed by atoms with E-state index in [2.05, 4.69) is 17.6 Å². The maximum absolute atomic E-state index is 13.8. The number of hydrogen-bond acceptors (Lipinski definition) is 2. The van der Waals surface area contributed by atoms with Crippen LogP contribution in [0.4, 0.5) is 10.1 Å². The Morgan fingerprint density at radius 3 is 2.67 bits per heavy atom. The summed E-state index contributed by atoms with van der Waals surface area (Å²) in [4.78, 5) is 12.3. The molecule has 4 heteroatoms. The molecule has 1 aromatic rings. The molecule has 21 heavy (non-hydrogen) atoms. The second kappa shape index (κ2) is 7.43.